The van der Waals surface area contributed by atoms with Crippen molar-refractivity contribution in [1.82, 2.24) is 0 Å². The van der Waals surface area contributed by atoms with Gasteiger partial charge in [0, 0.05) is 12.2 Å². The van der Waals surface area contributed by atoms with Crippen LogP contribution < -0.4 is 29.6 Å². The van der Waals surface area contributed by atoms with Gasteiger partial charge in [-0.1, -0.05) is 62.9 Å². The molecule has 0 aliphatic carbocycles. The zero-order valence-electron chi connectivity index (χ0n) is 20.8. The average molecular weight is 501 g/mol. The molecule has 0 amide bonds. The fourth-order valence-electron chi connectivity index (χ4n) is 4.21. The number of phenolic OH excluding ortho intramolecular Hbond substituents is 1. The molecule has 3 rings (SSSR count). The summed E-state index contributed by atoms with van der Waals surface area (Å²) >= 11 is 6.61. The second kappa shape index (κ2) is 10.3. The van der Waals surface area contributed by atoms with E-state index in [9.17, 15) is 5.11 Å². The molecule has 182 valence electrons. The van der Waals surface area contributed by atoms with E-state index in [1.807, 2.05) is 54.6 Å². The van der Waals surface area contributed by atoms with Crippen LogP contribution in [0.5, 0.6) is 28.7 Å². The first-order valence-corrected chi connectivity index (χ1v) is 13.9. The topological polar surface area (TPSA) is 57.2 Å². The van der Waals surface area contributed by atoms with Gasteiger partial charge < -0.3 is 24.1 Å². The van der Waals surface area contributed by atoms with E-state index in [1.54, 1.807) is 28.4 Å². The van der Waals surface area contributed by atoms with Crippen molar-refractivity contribution >= 4 is 28.5 Å². The van der Waals surface area contributed by atoms with Gasteiger partial charge in [-0.25, -0.2) is 0 Å². The van der Waals surface area contributed by atoms with E-state index in [-0.39, 0.29) is 11.2 Å². The third kappa shape index (κ3) is 4.75. The van der Waals surface area contributed by atoms with Crippen LogP contribution in [0.2, 0.25) is 0 Å². The molecule has 0 heterocycles. The van der Waals surface area contributed by atoms with Crippen molar-refractivity contribution in [1.29, 1.82) is 0 Å². The van der Waals surface area contributed by atoms with E-state index in [4.69, 9.17) is 30.8 Å². The van der Waals surface area contributed by atoms with Crippen molar-refractivity contribution in [3.63, 3.8) is 0 Å². The summed E-state index contributed by atoms with van der Waals surface area (Å²) in [7, 11) is 6.48. The molecule has 5 nitrogen and oxygen atoms in total. The van der Waals surface area contributed by atoms with Gasteiger partial charge in [-0.2, -0.15) is 0 Å². The number of aromatic hydroxyl groups is 1. The monoisotopic (exact) mass is 500 g/mol. The maximum Gasteiger partial charge on any atom is 0.131 e. The van der Waals surface area contributed by atoms with Gasteiger partial charge in [0.1, 0.15) is 28.7 Å². The maximum absolute atomic E-state index is 11.3. The van der Waals surface area contributed by atoms with Crippen molar-refractivity contribution in [3.05, 3.63) is 65.7 Å². The molecule has 0 radical (unpaired) electrons. The normalized spacial score (nSPS) is 11.7. The zero-order valence-corrected chi connectivity index (χ0v) is 22.5. The van der Waals surface area contributed by atoms with Gasteiger partial charge in [0.2, 0.25) is 0 Å². The van der Waals surface area contributed by atoms with Gasteiger partial charge >= 0.3 is 0 Å². The third-order valence-corrected chi connectivity index (χ3v) is 10.4. The molecular formula is C27H33O5PS. The fourth-order valence-corrected chi connectivity index (χ4v) is 9.07. The predicted octanol–water partition coefficient (Wildman–Crippen LogP) is 5.35. The number of methoxy groups -OCH3 is 4. The van der Waals surface area contributed by atoms with Crippen LogP contribution in [0.1, 0.15) is 31.9 Å². The molecule has 0 aliphatic rings. The molecule has 0 fully saturated rings. The first-order chi connectivity index (χ1) is 16.1. The van der Waals surface area contributed by atoms with Crippen molar-refractivity contribution in [2.45, 2.75) is 32.3 Å². The van der Waals surface area contributed by atoms with Crippen LogP contribution in [0.25, 0.3) is 0 Å². The Morgan fingerprint density at radius 1 is 0.706 bits per heavy atom. The van der Waals surface area contributed by atoms with Crippen LogP contribution in [-0.4, -0.2) is 33.5 Å². The predicted molar refractivity (Wildman–Crippen MR) is 143 cm³/mol. The van der Waals surface area contributed by atoms with E-state index < -0.39 is 6.04 Å². The Balaban J connectivity index is 2.42. The number of hydrogen-bond donors (Lipinski definition) is 1. The van der Waals surface area contributed by atoms with E-state index in [0.717, 1.165) is 21.7 Å². The summed E-state index contributed by atoms with van der Waals surface area (Å²) in [5.74, 6) is 2.76. The van der Waals surface area contributed by atoms with Crippen LogP contribution in [0.15, 0.2) is 54.6 Å². The SMILES string of the molecule is COc1cccc(OC)c1P(=S)(Cc1cccc(C(C)(C)C)c1O)c1c(OC)cccc1OC. The standard InChI is InChI=1S/C27H33O5PS/c1-27(2,3)19-12-8-11-18(24(19)28)17-33(34,25-20(29-4)13-9-14-21(25)30-5)26-22(31-6)15-10-16-23(26)32-7/h8-16,28H,17H2,1-7H3. The van der Waals surface area contributed by atoms with E-state index in [2.05, 4.69) is 20.8 Å². The number of phenols is 1. The van der Waals surface area contributed by atoms with Crippen molar-refractivity contribution in [2.75, 3.05) is 28.4 Å². The van der Waals surface area contributed by atoms with E-state index in [1.165, 1.54) is 0 Å². The molecule has 0 unspecified atom stereocenters. The largest absolute Gasteiger partial charge is 0.507 e. The summed E-state index contributed by atoms with van der Waals surface area (Å²) < 4.78 is 23.1. The Labute approximate surface area is 207 Å². The number of rotatable bonds is 8. The maximum atomic E-state index is 11.3. The second-order valence-corrected chi connectivity index (χ2v) is 13.5. The van der Waals surface area contributed by atoms with Crippen LogP contribution >= 0.6 is 6.04 Å². The first-order valence-electron chi connectivity index (χ1n) is 11.0. The van der Waals surface area contributed by atoms with Gasteiger partial charge in [-0.05, 0) is 40.8 Å². The minimum Gasteiger partial charge on any atom is -0.507 e. The Kier molecular flexibility index (Phi) is 7.84. The van der Waals surface area contributed by atoms with Gasteiger partial charge in [-0.15, -0.1) is 0 Å². The van der Waals surface area contributed by atoms with Crippen LogP contribution in [0.3, 0.4) is 0 Å². The lowest BCUT2D eigenvalue weighted by Crippen LogP contribution is -2.24. The van der Waals surface area contributed by atoms with E-state index in [0.29, 0.717) is 29.2 Å². The lowest BCUT2D eigenvalue weighted by Gasteiger charge is -2.30. The lowest BCUT2D eigenvalue weighted by atomic mass is 9.85. The quantitative estimate of drug-likeness (QED) is 0.421. The van der Waals surface area contributed by atoms with Crippen molar-refractivity contribution in [3.8, 4) is 28.7 Å². The molecule has 0 aromatic heterocycles. The van der Waals surface area contributed by atoms with Gasteiger partial charge in [-0.3, -0.25) is 0 Å². The minimum atomic E-state index is -2.79. The Bertz CT molecular complexity index is 1110. The zero-order chi connectivity index (χ0) is 25.1. The van der Waals surface area contributed by atoms with Crippen LogP contribution in [0, 0.1) is 0 Å². The summed E-state index contributed by atoms with van der Waals surface area (Å²) in [5.41, 5.74) is 1.40. The molecule has 0 aliphatic heterocycles. The highest BCUT2D eigenvalue weighted by Crippen LogP contribution is 2.57. The minimum absolute atomic E-state index is 0.229. The molecule has 1 N–H and O–H groups in total. The van der Waals surface area contributed by atoms with Crippen molar-refractivity contribution < 1.29 is 24.1 Å². The van der Waals surface area contributed by atoms with Gasteiger partial charge in [0.25, 0.3) is 0 Å². The molecule has 0 saturated carbocycles. The number of benzene rings is 3. The smallest absolute Gasteiger partial charge is 0.131 e. The van der Waals surface area contributed by atoms with Crippen molar-refractivity contribution in [2.24, 2.45) is 0 Å². The Hall–Kier alpha value is -2.69. The Morgan fingerprint density at radius 3 is 1.44 bits per heavy atom. The van der Waals surface area contributed by atoms with Gasteiger partial charge in [0.15, 0.2) is 0 Å². The third-order valence-electron chi connectivity index (χ3n) is 5.85. The fraction of sp³-hybridized carbons (Fsp3) is 0.333. The summed E-state index contributed by atoms with van der Waals surface area (Å²) in [6, 6.07) is 14.3. The molecular weight excluding hydrogens is 467 g/mol. The molecule has 0 atom stereocenters. The lowest BCUT2D eigenvalue weighted by molar-refractivity contribution is 0.399. The summed E-state index contributed by atoms with van der Waals surface area (Å²) in [5, 5.41) is 12.9. The van der Waals surface area contributed by atoms with Crippen LogP contribution in [-0.2, 0) is 23.4 Å². The highest BCUT2D eigenvalue weighted by atomic mass is 32.4. The molecule has 0 bridgehead atoms. The van der Waals surface area contributed by atoms with Crippen LogP contribution in [0.4, 0.5) is 0 Å². The number of ether oxygens (including phenoxy) is 4. The first kappa shape index (κ1) is 25.9. The summed E-state index contributed by atoms with van der Waals surface area (Å²) in [6.45, 7) is 6.23. The molecule has 3 aromatic rings. The highest BCUT2D eigenvalue weighted by Gasteiger charge is 2.36. The van der Waals surface area contributed by atoms with E-state index >= 15 is 0 Å². The molecule has 34 heavy (non-hydrogen) atoms. The van der Waals surface area contributed by atoms with Gasteiger partial charge in [0.05, 0.1) is 39.0 Å². The second-order valence-electron chi connectivity index (χ2n) is 8.98. The highest BCUT2D eigenvalue weighted by molar-refractivity contribution is 8.21. The summed E-state index contributed by atoms with van der Waals surface area (Å²) in [4.78, 5) is 0. The molecule has 7 heteroatoms. The Morgan fingerprint density at radius 2 is 1.09 bits per heavy atom. The molecule has 3 aromatic carbocycles. The summed E-state index contributed by atoms with van der Waals surface area (Å²) in [6.07, 6.45) is 0.381. The molecule has 0 spiro atoms. The number of para-hydroxylation sites is 1. The number of hydrogen-bond acceptors (Lipinski definition) is 6. The molecule has 0 saturated heterocycles. The average Bonchev–Trinajstić information content (AvgIpc) is 2.83.